The molecule has 0 saturated carbocycles. The zero-order chi connectivity index (χ0) is 13.0. The highest BCUT2D eigenvalue weighted by molar-refractivity contribution is 7.89. The van der Waals surface area contributed by atoms with Crippen molar-refractivity contribution < 1.29 is 8.42 Å². The summed E-state index contributed by atoms with van der Waals surface area (Å²) in [4.78, 5) is 4.24. The minimum absolute atomic E-state index is 0.265. The maximum atomic E-state index is 12.1. The van der Waals surface area contributed by atoms with Crippen LogP contribution in [-0.2, 0) is 10.0 Å². The fourth-order valence-electron chi connectivity index (χ4n) is 1.60. The van der Waals surface area contributed by atoms with Crippen molar-refractivity contribution in [2.24, 2.45) is 0 Å². The van der Waals surface area contributed by atoms with Gasteiger partial charge in [0.1, 0.15) is 0 Å². The molecule has 5 heteroatoms. The van der Waals surface area contributed by atoms with Gasteiger partial charge >= 0.3 is 0 Å². The number of nitrogens with one attached hydrogen (secondary N) is 1. The number of rotatable bonds is 4. The summed E-state index contributed by atoms with van der Waals surface area (Å²) < 4.78 is 26.8. The van der Waals surface area contributed by atoms with E-state index in [1.807, 2.05) is 6.07 Å². The van der Waals surface area contributed by atoms with Gasteiger partial charge in [-0.1, -0.05) is 24.3 Å². The van der Waals surface area contributed by atoms with Crippen molar-refractivity contribution in [2.45, 2.75) is 17.9 Å². The van der Waals surface area contributed by atoms with E-state index in [4.69, 9.17) is 0 Å². The van der Waals surface area contributed by atoms with E-state index in [9.17, 15) is 8.42 Å². The lowest BCUT2D eigenvalue weighted by Gasteiger charge is -2.14. The average molecular weight is 262 g/mol. The molecule has 0 aliphatic heterocycles. The Morgan fingerprint density at radius 2 is 1.83 bits per heavy atom. The molecule has 1 N–H and O–H groups in total. The summed E-state index contributed by atoms with van der Waals surface area (Å²) in [6.07, 6.45) is 3.31. The lowest BCUT2D eigenvalue weighted by Crippen LogP contribution is -2.26. The number of hydrogen-bond donors (Lipinski definition) is 1. The number of aromatic nitrogens is 1. The standard InChI is InChI=1S/C13H14N2O2S/c1-11(12-6-5-9-14-10-12)15-18(16,17)13-7-3-2-4-8-13/h2-11,15H,1H3/t11-/m0/s1. The molecule has 4 nitrogen and oxygen atoms in total. The first-order chi connectivity index (χ1) is 8.59. The van der Waals surface area contributed by atoms with Crippen LogP contribution in [0.2, 0.25) is 0 Å². The SMILES string of the molecule is C[C@H](NS(=O)(=O)c1ccccc1)c1cccnc1. The van der Waals surface area contributed by atoms with Crippen LogP contribution in [0.1, 0.15) is 18.5 Å². The van der Waals surface area contributed by atoms with Gasteiger partial charge in [0.05, 0.1) is 4.90 Å². The molecule has 1 aromatic carbocycles. The molecule has 0 unspecified atom stereocenters. The Morgan fingerprint density at radius 3 is 2.44 bits per heavy atom. The molecule has 1 atom stereocenters. The minimum atomic E-state index is -3.49. The Kier molecular flexibility index (Phi) is 3.74. The van der Waals surface area contributed by atoms with Gasteiger partial charge < -0.3 is 0 Å². The monoisotopic (exact) mass is 262 g/mol. The Morgan fingerprint density at radius 1 is 1.11 bits per heavy atom. The van der Waals surface area contributed by atoms with Crippen molar-refractivity contribution in [1.82, 2.24) is 9.71 Å². The van der Waals surface area contributed by atoms with Gasteiger partial charge in [-0.2, -0.15) is 0 Å². The van der Waals surface area contributed by atoms with E-state index < -0.39 is 10.0 Å². The average Bonchev–Trinajstić information content (AvgIpc) is 2.40. The highest BCUT2D eigenvalue weighted by Crippen LogP contribution is 2.15. The van der Waals surface area contributed by atoms with E-state index in [-0.39, 0.29) is 10.9 Å². The smallest absolute Gasteiger partial charge is 0.241 e. The summed E-state index contributed by atoms with van der Waals surface area (Å²) in [7, 11) is -3.49. The van der Waals surface area contributed by atoms with Crippen LogP contribution in [0.15, 0.2) is 59.8 Å². The van der Waals surface area contributed by atoms with Gasteiger partial charge in [-0.25, -0.2) is 13.1 Å². The number of hydrogen-bond acceptors (Lipinski definition) is 3. The second-order valence-corrected chi connectivity index (χ2v) is 5.66. The van der Waals surface area contributed by atoms with Crippen molar-refractivity contribution in [1.29, 1.82) is 0 Å². The van der Waals surface area contributed by atoms with Crippen LogP contribution in [0, 0.1) is 0 Å². The number of nitrogens with zero attached hydrogens (tertiary/aromatic N) is 1. The van der Waals surface area contributed by atoms with Gasteiger partial charge in [0.15, 0.2) is 0 Å². The molecule has 0 radical (unpaired) electrons. The van der Waals surface area contributed by atoms with Crippen molar-refractivity contribution in [2.75, 3.05) is 0 Å². The minimum Gasteiger partial charge on any atom is -0.264 e. The Balaban J connectivity index is 2.20. The highest BCUT2D eigenvalue weighted by atomic mass is 32.2. The van der Waals surface area contributed by atoms with Gasteiger partial charge in [0.2, 0.25) is 10.0 Å². The molecule has 0 spiro atoms. The van der Waals surface area contributed by atoms with Crippen LogP contribution >= 0.6 is 0 Å². The largest absolute Gasteiger partial charge is 0.264 e. The maximum absolute atomic E-state index is 12.1. The summed E-state index contributed by atoms with van der Waals surface area (Å²) in [5.74, 6) is 0. The van der Waals surface area contributed by atoms with Gasteiger partial charge in [-0.3, -0.25) is 4.98 Å². The highest BCUT2D eigenvalue weighted by Gasteiger charge is 2.17. The molecule has 1 aromatic heterocycles. The predicted molar refractivity (Wildman–Crippen MR) is 69.4 cm³/mol. The van der Waals surface area contributed by atoms with Crippen LogP contribution in [0.25, 0.3) is 0 Å². The summed E-state index contributed by atoms with van der Waals surface area (Å²) in [6.45, 7) is 1.79. The molecule has 2 rings (SSSR count). The lowest BCUT2D eigenvalue weighted by molar-refractivity contribution is 0.566. The zero-order valence-electron chi connectivity index (χ0n) is 9.95. The summed E-state index contributed by atoms with van der Waals surface area (Å²) in [6, 6.07) is 11.6. The first-order valence-electron chi connectivity index (χ1n) is 5.57. The molecule has 0 amide bonds. The molecule has 0 aliphatic rings. The van der Waals surface area contributed by atoms with Gasteiger partial charge in [0, 0.05) is 18.4 Å². The second kappa shape index (κ2) is 5.29. The summed E-state index contributed by atoms with van der Waals surface area (Å²) >= 11 is 0. The Bertz CT molecular complexity index is 597. The van der Waals surface area contributed by atoms with Gasteiger partial charge in [0.25, 0.3) is 0 Å². The molecule has 2 aromatic rings. The molecule has 18 heavy (non-hydrogen) atoms. The number of sulfonamides is 1. The summed E-state index contributed by atoms with van der Waals surface area (Å²) in [5, 5.41) is 0. The number of pyridine rings is 1. The van der Waals surface area contributed by atoms with Crippen LogP contribution in [0.4, 0.5) is 0 Å². The quantitative estimate of drug-likeness (QED) is 0.918. The van der Waals surface area contributed by atoms with E-state index in [1.165, 1.54) is 0 Å². The van der Waals surface area contributed by atoms with Crippen molar-refractivity contribution in [3.05, 3.63) is 60.4 Å². The van der Waals surface area contributed by atoms with Crippen LogP contribution in [0.5, 0.6) is 0 Å². The molecule has 1 heterocycles. The normalized spacial score (nSPS) is 13.2. The van der Waals surface area contributed by atoms with Crippen LogP contribution in [0.3, 0.4) is 0 Å². The van der Waals surface area contributed by atoms with Gasteiger partial charge in [-0.15, -0.1) is 0 Å². The van der Waals surface area contributed by atoms with Gasteiger partial charge in [-0.05, 0) is 30.7 Å². The van der Waals surface area contributed by atoms with E-state index in [1.54, 1.807) is 55.7 Å². The van der Waals surface area contributed by atoms with E-state index in [0.29, 0.717) is 0 Å². The molecule has 0 aliphatic carbocycles. The molecule has 94 valence electrons. The number of benzene rings is 1. The first-order valence-corrected chi connectivity index (χ1v) is 7.05. The Labute approximate surface area is 107 Å². The fourth-order valence-corrected chi connectivity index (χ4v) is 2.85. The zero-order valence-corrected chi connectivity index (χ0v) is 10.8. The molecule has 0 saturated heterocycles. The van der Waals surface area contributed by atoms with E-state index >= 15 is 0 Å². The topological polar surface area (TPSA) is 59.1 Å². The molecule has 0 bridgehead atoms. The second-order valence-electron chi connectivity index (χ2n) is 3.94. The predicted octanol–water partition coefficient (Wildman–Crippen LogP) is 2.12. The van der Waals surface area contributed by atoms with Crippen molar-refractivity contribution in [3.8, 4) is 0 Å². The van der Waals surface area contributed by atoms with E-state index in [0.717, 1.165) is 5.56 Å². The maximum Gasteiger partial charge on any atom is 0.241 e. The van der Waals surface area contributed by atoms with Crippen molar-refractivity contribution >= 4 is 10.0 Å². The third kappa shape index (κ3) is 2.94. The van der Waals surface area contributed by atoms with E-state index in [2.05, 4.69) is 9.71 Å². The third-order valence-electron chi connectivity index (χ3n) is 2.57. The fraction of sp³-hybridized carbons (Fsp3) is 0.154. The molecule has 0 fully saturated rings. The molecular weight excluding hydrogens is 248 g/mol. The molecular formula is C13H14N2O2S. The third-order valence-corrected chi connectivity index (χ3v) is 4.13. The lowest BCUT2D eigenvalue weighted by atomic mass is 10.2. The van der Waals surface area contributed by atoms with Crippen LogP contribution in [-0.4, -0.2) is 13.4 Å². The van der Waals surface area contributed by atoms with Crippen LogP contribution < -0.4 is 4.72 Å². The first kappa shape index (κ1) is 12.7. The summed E-state index contributed by atoms with van der Waals surface area (Å²) in [5.41, 5.74) is 0.831. The van der Waals surface area contributed by atoms with Crippen molar-refractivity contribution in [3.63, 3.8) is 0 Å². The Hall–Kier alpha value is -1.72.